The molecule has 0 atom stereocenters. The highest BCUT2D eigenvalue weighted by atomic mass is 16.1. The van der Waals surface area contributed by atoms with Crippen molar-refractivity contribution in [2.24, 2.45) is 14.1 Å². The predicted octanol–water partition coefficient (Wildman–Crippen LogP) is 1.10. The zero-order chi connectivity index (χ0) is 14.7. The average Bonchev–Trinajstić information content (AvgIpc) is 2.91. The summed E-state index contributed by atoms with van der Waals surface area (Å²) in [5, 5.41) is 11.2. The molecule has 0 unspecified atom stereocenters. The van der Waals surface area contributed by atoms with E-state index >= 15 is 0 Å². The van der Waals surface area contributed by atoms with Crippen LogP contribution in [0.15, 0.2) is 18.5 Å². The first-order valence-electron chi connectivity index (χ1n) is 6.41. The van der Waals surface area contributed by atoms with Crippen molar-refractivity contribution in [2.45, 2.75) is 20.4 Å². The number of aromatic nitrogens is 4. The maximum Gasteiger partial charge on any atom is 0.244 e. The Kier molecular flexibility index (Phi) is 4.02. The van der Waals surface area contributed by atoms with Gasteiger partial charge < -0.3 is 5.32 Å². The molecule has 2 aromatic heterocycles. The van der Waals surface area contributed by atoms with E-state index in [9.17, 15) is 4.79 Å². The van der Waals surface area contributed by atoms with Crippen molar-refractivity contribution < 1.29 is 4.79 Å². The first-order valence-corrected chi connectivity index (χ1v) is 6.41. The number of hydrogen-bond donors (Lipinski definition) is 1. The number of aryl methyl sites for hydroxylation is 3. The fourth-order valence-electron chi connectivity index (χ4n) is 2.01. The summed E-state index contributed by atoms with van der Waals surface area (Å²) in [7, 11) is 3.74. The Bertz CT molecular complexity index is 651. The quantitative estimate of drug-likeness (QED) is 0.848. The van der Waals surface area contributed by atoms with Crippen LogP contribution in [0.1, 0.15) is 22.5 Å². The third-order valence-corrected chi connectivity index (χ3v) is 3.25. The van der Waals surface area contributed by atoms with Gasteiger partial charge in [-0.05, 0) is 19.9 Å². The van der Waals surface area contributed by atoms with E-state index in [-0.39, 0.29) is 5.91 Å². The number of amides is 1. The smallest absolute Gasteiger partial charge is 0.244 e. The largest absolute Gasteiger partial charge is 0.348 e. The molecule has 20 heavy (non-hydrogen) atoms. The van der Waals surface area contributed by atoms with Crippen LogP contribution in [0.25, 0.3) is 6.08 Å². The summed E-state index contributed by atoms with van der Waals surface area (Å²) in [5.74, 6) is -0.128. The van der Waals surface area contributed by atoms with Gasteiger partial charge in [-0.15, -0.1) is 0 Å². The van der Waals surface area contributed by atoms with Crippen LogP contribution >= 0.6 is 0 Å². The van der Waals surface area contributed by atoms with Crippen LogP contribution in [-0.4, -0.2) is 25.5 Å². The van der Waals surface area contributed by atoms with Crippen LogP contribution in [0.5, 0.6) is 0 Å². The lowest BCUT2D eigenvalue weighted by Crippen LogP contribution is -2.21. The van der Waals surface area contributed by atoms with Crippen LogP contribution in [0, 0.1) is 13.8 Å². The molecule has 1 amide bonds. The second-order valence-corrected chi connectivity index (χ2v) is 4.77. The lowest BCUT2D eigenvalue weighted by atomic mass is 10.2. The summed E-state index contributed by atoms with van der Waals surface area (Å²) in [6, 6.07) is 0. The maximum atomic E-state index is 11.8. The van der Waals surface area contributed by atoms with Gasteiger partial charge in [-0.2, -0.15) is 10.2 Å². The van der Waals surface area contributed by atoms with Crippen molar-refractivity contribution in [1.82, 2.24) is 24.9 Å². The fourth-order valence-corrected chi connectivity index (χ4v) is 2.01. The van der Waals surface area contributed by atoms with E-state index in [1.807, 2.05) is 38.8 Å². The molecule has 0 spiro atoms. The van der Waals surface area contributed by atoms with Gasteiger partial charge in [0.05, 0.1) is 11.9 Å². The Balaban J connectivity index is 1.94. The number of carbonyl (C=O) groups is 1. The molecule has 0 aromatic carbocycles. The Labute approximate surface area is 118 Å². The summed E-state index contributed by atoms with van der Waals surface area (Å²) in [5.41, 5.74) is 3.98. The molecule has 2 heterocycles. The zero-order valence-corrected chi connectivity index (χ0v) is 12.2. The van der Waals surface area contributed by atoms with Crippen molar-refractivity contribution in [1.29, 1.82) is 0 Å². The Morgan fingerprint density at radius 3 is 2.70 bits per heavy atom. The summed E-state index contributed by atoms with van der Waals surface area (Å²) in [4.78, 5) is 11.8. The number of carbonyl (C=O) groups excluding carboxylic acids is 1. The Morgan fingerprint density at radius 2 is 2.15 bits per heavy atom. The van der Waals surface area contributed by atoms with E-state index in [0.29, 0.717) is 6.54 Å². The molecule has 2 rings (SSSR count). The summed E-state index contributed by atoms with van der Waals surface area (Å²) < 4.78 is 3.52. The topological polar surface area (TPSA) is 64.7 Å². The summed E-state index contributed by atoms with van der Waals surface area (Å²) >= 11 is 0. The number of nitrogens with zero attached hydrogens (tertiary/aromatic N) is 4. The van der Waals surface area contributed by atoms with Crippen LogP contribution in [-0.2, 0) is 25.4 Å². The van der Waals surface area contributed by atoms with E-state index in [4.69, 9.17) is 0 Å². The first kappa shape index (κ1) is 14.0. The van der Waals surface area contributed by atoms with E-state index in [2.05, 4.69) is 15.5 Å². The fraction of sp³-hybridized carbons (Fsp3) is 0.357. The van der Waals surface area contributed by atoms with Gasteiger partial charge >= 0.3 is 0 Å². The molecule has 1 N–H and O–H groups in total. The predicted molar refractivity (Wildman–Crippen MR) is 76.8 cm³/mol. The van der Waals surface area contributed by atoms with Crippen LogP contribution < -0.4 is 5.32 Å². The van der Waals surface area contributed by atoms with Crippen LogP contribution in [0.2, 0.25) is 0 Å². The normalized spacial score (nSPS) is 11.2. The molecule has 0 saturated carbocycles. The third kappa shape index (κ3) is 3.14. The Morgan fingerprint density at radius 1 is 1.40 bits per heavy atom. The molecule has 0 aliphatic heterocycles. The second kappa shape index (κ2) is 5.73. The molecular formula is C14H19N5O. The molecule has 6 nitrogen and oxygen atoms in total. The van der Waals surface area contributed by atoms with Gasteiger partial charge in [-0.3, -0.25) is 14.2 Å². The van der Waals surface area contributed by atoms with E-state index < -0.39 is 0 Å². The minimum atomic E-state index is -0.128. The number of rotatable bonds is 4. The molecular weight excluding hydrogens is 254 g/mol. The van der Waals surface area contributed by atoms with Gasteiger partial charge in [0, 0.05) is 49.7 Å². The molecule has 0 saturated heterocycles. The second-order valence-electron chi connectivity index (χ2n) is 4.77. The van der Waals surface area contributed by atoms with Gasteiger partial charge in [0.2, 0.25) is 5.91 Å². The summed E-state index contributed by atoms with van der Waals surface area (Å²) in [6.45, 7) is 4.43. The molecule has 6 heteroatoms. The minimum Gasteiger partial charge on any atom is -0.348 e. The number of nitrogens with one attached hydrogen (secondary N) is 1. The molecule has 0 fully saturated rings. The van der Waals surface area contributed by atoms with E-state index in [0.717, 1.165) is 22.5 Å². The lowest BCUT2D eigenvalue weighted by Gasteiger charge is -2.03. The van der Waals surface area contributed by atoms with Gasteiger partial charge in [0.15, 0.2) is 0 Å². The Hall–Kier alpha value is -2.37. The molecule has 0 radical (unpaired) electrons. The summed E-state index contributed by atoms with van der Waals surface area (Å²) in [6.07, 6.45) is 6.81. The zero-order valence-electron chi connectivity index (χ0n) is 12.2. The van der Waals surface area contributed by atoms with Crippen LogP contribution in [0.3, 0.4) is 0 Å². The third-order valence-electron chi connectivity index (χ3n) is 3.25. The molecule has 0 aliphatic rings. The van der Waals surface area contributed by atoms with Crippen molar-refractivity contribution in [3.63, 3.8) is 0 Å². The molecule has 106 valence electrons. The SMILES string of the molecule is Cc1nn(C)c(C)c1CNC(=O)/C=C\c1cnn(C)c1. The highest BCUT2D eigenvalue weighted by molar-refractivity contribution is 5.91. The lowest BCUT2D eigenvalue weighted by molar-refractivity contribution is -0.116. The van der Waals surface area contributed by atoms with Gasteiger partial charge in [0.1, 0.15) is 0 Å². The van der Waals surface area contributed by atoms with Crippen molar-refractivity contribution in [3.05, 3.63) is 41.0 Å². The van der Waals surface area contributed by atoms with Gasteiger partial charge in [-0.1, -0.05) is 0 Å². The molecule has 0 bridgehead atoms. The average molecular weight is 273 g/mol. The molecule has 0 aliphatic carbocycles. The van der Waals surface area contributed by atoms with E-state index in [1.165, 1.54) is 6.08 Å². The van der Waals surface area contributed by atoms with Gasteiger partial charge in [-0.25, -0.2) is 0 Å². The standard InChI is InChI=1S/C14H19N5O/c1-10-13(11(2)19(4)17-10)8-15-14(20)6-5-12-7-16-18(3)9-12/h5-7,9H,8H2,1-4H3,(H,15,20)/b6-5-. The maximum absolute atomic E-state index is 11.8. The first-order chi connectivity index (χ1) is 9.47. The van der Waals surface area contributed by atoms with Crippen molar-refractivity contribution >= 4 is 12.0 Å². The minimum absolute atomic E-state index is 0.128. The molecule has 2 aromatic rings. The monoisotopic (exact) mass is 273 g/mol. The van der Waals surface area contributed by atoms with E-state index in [1.54, 1.807) is 17.0 Å². The van der Waals surface area contributed by atoms with Gasteiger partial charge in [0.25, 0.3) is 0 Å². The number of hydrogen-bond acceptors (Lipinski definition) is 3. The van der Waals surface area contributed by atoms with Crippen molar-refractivity contribution in [2.75, 3.05) is 0 Å². The highest BCUT2D eigenvalue weighted by Gasteiger charge is 2.09. The van der Waals surface area contributed by atoms with Crippen molar-refractivity contribution in [3.8, 4) is 0 Å². The highest BCUT2D eigenvalue weighted by Crippen LogP contribution is 2.11. The van der Waals surface area contributed by atoms with Crippen LogP contribution in [0.4, 0.5) is 0 Å².